The van der Waals surface area contributed by atoms with E-state index in [1.165, 1.54) is 6.07 Å². The van der Waals surface area contributed by atoms with Gasteiger partial charge in [0.05, 0.1) is 29.1 Å². The van der Waals surface area contributed by atoms with Crippen molar-refractivity contribution in [2.45, 2.75) is 50.6 Å². The molecule has 59 heavy (non-hydrogen) atoms. The number of rotatable bonds is 8. The number of imide groups is 2. The molecule has 5 aliphatic rings. The van der Waals surface area contributed by atoms with E-state index in [0.29, 0.717) is 17.0 Å². The molecule has 4 amide bonds. The lowest BCUT2D eigenvalue weighted by Crippen LogP contribution is -2.54. The van der Waals surface area contributed by atoms with Crippen LogP contribution in [0.3, 0.4) is 0 Å². The van der Waals surface area contributed by atoms with E-state index in [-0.39, 0.29) is 30.6 Å². The van der Waals surface area contributed by atoms with Crippen molar-refractivity contribution in [2.75, 3.05) is 67.1 Å². The number of imidazole rings is 1. The molecular formula is C44H45FN10O4. The van der Waals surface area contributed by atoms with E-state index in [9.17, 15) is 23.6 Å². The maximum atomic E-state index is 14.1. The predicted molar refractivity (Wildman–Crippen MR) is 219 cm³/mol. The third-order valence-corrected chi connectivity index (χ3v) is 12.7. The van der Waals surface area contributed by atoms with E-state index < -0.39 is 23.8 Å². The molecule has 4 fully saturated rings. The van der Waals surface area contributed by atoms with Gasteiger partial charge in [-0.2, -0.15) is 0 Å². The summed E-state index contributed by atoms with van der Waals surface area (Å²) < 4.78 is 16.0. The fourth-order valence-corrected chi connectivity index (χ4v) is 9.59. The quantitative estimate of drug-likeness (QED) is 0.219. The number of hydrogen-bond donors (Lipinski definition) is 1. The number of amides is 4. The fraction of sp³-hybridized carbons (Fsp3) is 0.386. The Labute approximate surface area is 340 Å². The van der Waals surface area contributed by atoms with Gasteiger partial charge in [-0.15, -0.1) is 5.10 Å². The Hall–Kier alpha value is -6.22. The number of carbonyl (C=O) groups is 4. The van der Waals surface area contributed by atoms with Crippen LogP contribution in [0, 0.1) is 11.7 Å². The van der Waals surface area contributed by atoms with Crippen molar-refractivity contribution < 1.29 is 23.6 Å². The zero-order chi connectivity index (χ0) is 40.2. The second-order valence-electron chi connectivity index (χ2n) is 16.3. The molecule has 15 heteroatoms. The first-order valence-electron chi connectivity index (χ1n) is 20.7. The Bertz CT molecular complexity index is 2470. The number of nitrogens with one attached hydrogen (secondary N) is 1. The van der Waals surface area contributed by atoms with Crippen LogP contribution in [0.25, 0.3) is 17.0 Å². The van der Waals surface area contributed by atoms with Crippen LogP contribution in [-0.4, -0.2) is 111 Å². The summed E-state index contributed by atoms with van der Waals surface area (Å²) in [5, 5.41) is 7.29. The molecule has 4 saturated heterocycles. The molecule has 2 atom stereocenters. The number of piperidine rings is 2. The number of carbonyl (C=O) groups excluding carboxylic acids is 4. The van der Waals surface area contributed by atoms with Crippen LogP contribution in [0.2, 0.25) is 0 Å². The molecule has 5 aromatic rings. The zero-order valence-corrected chi connectivity index (χ0v) is 32.7. The monoisotopic (exact) mass is 796 g/mol. The maximum Gasteiger partial charge on any atom is 0.262 e. The minimum absolute atomic E-state index is 0.0658. The number of pyridine rings is 1. The highest BCUT2D eigenvalue weighted by atomic mass is 19.1. The SMILES string of the molecule is O=C1CCC(N2C(=O)c3ccc(N4CCC(CN5CCN(c6cccc(-c7cnc8ccc(N9CCC[C@@H]9c9cccc(F)c9)nn78)n6)CC5)CC4)cc3C2=O)C(=O)N1. The average molecular weight is 797 g/mol. The summed E-state index contributed by atoms with van der Waals surface area (Å²) >= 11 is 0. The molecular weight excluding hydrogens is 752 g/mol. The number of aromatic nitrogens is 4. The first-order chi connectivity index (χ1) is 28.8. The molecule has 10 rings (SSSR count). The van der Waals surface area contributed by atoms with Gasteiger partial charge >= 0.3 is 0 Å². The van der Waals surface area contributed by atoms with Gasteiger partial charge in [0.25, 0.3) is 11.8 Å². The lowest BCUT2D eigenvalue weighted by Gasteiger charge is -2.39. The molecule has 1 unspecified atom stereocenters. The Morgan fingerprint density at radius 3 is 2.36 bits per heavy atom. The molecule has 1 N–H and O–H groups in total. The van der Waals surface area contributed by atoms with Crippen LogP contribution >= 0.6 is 0 Å². The van der Waals surface area contributed by atoms with E-state index in [1.54, 1.807) is 24.3 Å². The molecule has 8 heterocycles. The molecule has 3 aromatic heterocycles. The standard InChI is InChI=1S/C44H45FN10O4/c45-30-5-1-4-29(24-30)35-7-3-17-53(35)40-13-12-38-46-26-37(55(38)49-40)34-6-2-8-39(47-34)52-22-20-50(21-23-52)27-28-15-18-51(19-16-28)31-9-10-32-33(25-31)44(59)54(43(32)58)36-11-14-41(56)48-42(36)57/h1-2,4-6,8-10,12-13,24-26,28,35-36H,3,7,11,14-23,27H2,(H,48,56,57)/t35-,36?/m1/s1. The molecule has 0 spiro atoms. The lowest BCUT2D eigenvalue weighted by molar-refractivity contribution is -0.136. The van der Waals surface area contributed by atoms with Crippen LogP contribution in [0.15, 0.2) is 79.0 Å². The van der Waals surface area contributed by atoms with Gasteiger partial charge in [0.1, 0.15) is 29.2 Å². The Morgan fingerprint density at radius 2 is 1.54 bits per heavy atom. The summed E-state index contributed by atoms with van der Waals surface area (Å²) in [4.78, 5) is 70.8. The number of benzene rings is 2. The Balaban J connectivity index is 0.745. The van der Waals surface area contributed by atoms with Crippen LogP contribution in [0.4, 0.5) is 21.7 Å². The topological polar surface area (TPSA) is 140 Å². The van der Waals surface area contributed by atoms with Gasteiger partial charge in [0.15, 0.2) is 5.65 Å². The van der Waals surface area contributed by atoms with Gasteiger partial charge in [0.2, 0.25) is 11.8 Å². The van der Waals surface area contributed by atoms with Crippen molar-refractivity contribution in [3.05, 3.63) is 102 Å². The smallest absolute Gasteiger partial charge is 0.262 e. The highest BCUT2D eigenvalue weighted by Crippen LogP contribution is 2.36. The van der Waals surface area contributed by atoms with Crippen LogP contribution in [0.5, 0.6) is 0 Å². The summed E-state index contributed by atoms with van der Waals surface area (Å²) in [6, 6.07) is 21.4. The third kappa shape index (κ3) is 6.96. The Morgan fingerprint density at radius 1 is 0.729 bits per heavy atom. The average Bonchev–Trinajstić information content (AvgIpc) is 3.98. The largest absolute Gasteiger partial charge is 0.371 e. The summed E-state index contributed by atoms with van der Waals surface area (Å²) in [5.41, 5.74) is 4.86. The molecule has 5 aliphatic heterocycles. The van der Waals surface area contributed by atoms with Crippen molar-refractivity contribution in [3.8, 4) is 11.4 Å². The number of hydrogen-bond acceptors (Lipinski definition) is 11. The van der Waals surface area contributed by atoms with Crippen molar-refractivity contribution in [2.24, 2.45) is 5.92 Å². The highest BCUT2D eigenvalue weighted by Gasteiger charge is 2.45. The van der Waals surface area contributed by atoms with E-state index >= 15 is 0 Å². The van der Waals surface area contributed by atoms with Gasteiger partial charge in [-0.25, -0.2) is 18.9 Å². The van der Waals surface area contributed by atoms with Gasteiger partial charge < -0.3 is 14.7 Å². The third-order valence-electron chi connectivity index (χ3n) is 12.7. The number of piperazine rings is 1. The maximum absolute atomic E-state index is 14.1. The van der Waals surface area contributed by atoms with Gasteiger partial charge in [-0.05, 0) is 98.2 Å². The minimum atomic E-state index is -0.970. The van der Waals surface area contributed by atoms with Gasteiger partial charge in [-0.3, -0.25) is 34.3 Å². The molecule has 14 nitrogen and oxygen atoms in total. The minimum Gasteiger partial charge on any atom is -0.371 e. The summed E-state index contributed by atoms with van der Waals surface area (Å²) in [6.45, 7) is 7.22. The van der Waals surface area contributed by atoms with E-state index in [2.05, 4.69) is 36.0 Å². The number of anilines is 3. The summed E-state index contributed by atoms with van der Waals surface area (Å²) in [6.07, 6.45) is 6.06. The van der Waals surface area contributed by atoms with Gasteiger partial charge in [-0.1, -0.05) is 18.2 Å². The number of halogens is 1. The number of nitrogens with zero attached hydrogens (tertiary/aromatic N) is 9. The van der Waals surface area contributed by atoms with Crippen LogP contribution in [-0.2, 0) is 9.59 Å². The first kappa shape index (κ1) is 37.1. The fourth-order valence-electron chi connectivity index (χ4n) is 9.59. The van der Waals surface area contributed by atoms with Crippen LogP contribution in [0.1, 0.15) is 70.8 Å². The molecule has 302 valence electrons. The van der Waals surface area contributed by atoms with E-state index in [1.807, 2.05) is 47.1 Å². The summed E-state index contributed by atoms with van der Waals surface area (Å²) in [7, 11) is 0. The molecule has 0 aliphatic carbocycles. The van der Waals surface area contributed by atoms with E-state index in [0.717, 1.165) is 123 Å². The van der Waals surface area contributed by atoms with Crippen molar-refractivity contribution in [3.63, 3.8) is 0 Å². The normalized spacial score (nSPS) is 21.8. The Kier molecular flexibility index (Phi) is 9.54. The summed E-state index contributed by atoms with van der Waals surface area (Å²) in [5.74, 6) is 0.141. The second kappa shape index (κ2) is 15.2. The zero-order valence-electron chi connectivity index (χ0n) is 32.7. The van der Waals surface area contributed by atoms with Gasteiger partial charge in [0, 0.05) is 64.5 Å². The molecule has 0 bridgehead atoms. The molecule has 0 saturated carbocycles. The first-order valence-corrected chi connectivity index (χ1v) is 20.7. The molecule has 0 radical (unpaired) electrons. The van der Waals surface area contributed by atoms with Crippen LogP contribution < -0.4 is 20.0 Å². The van der Waals surface area contributed by atoms with Crippen molar-refractivity contribution in [1.82, 2.24) is 34.7 Å². The van der Waals surface area contributed by atoms with E-state index in [4.69, 9.17) is 10.1 Å². The highest BCUT2D eigenvalue weighted by molar-refractivity contribution is 6.23. The molecule has 2 aromatic carbocycles. The van der Waals surface area contributed by atoms with Crippen molar-refractivity contribution in [1.29, 1.82) is 0 Å². The lowest BCUT2D eigenvalue weighted by atomic mass is 9.95. The predicted octanol–water partition coefficient (Wildman–Crippen LogP) is 4.71. The van der Waals surface area contributed by atoms with Crippen molar-refractivity contribution >= 4 is 46.6 Å². The second-order valence-corrected chi connectivity index (χ2v) is 16.3. The number of fused-ring (bicyclic) bond motifs is 2.